The molecule has 0 atom stereocenters. The third-order valence-corrected chi connectivity index (χ3v) is 3.93. The zero-order valence-corrected chi connectivity index (χ0v) is 13.9. The van der Waals surface area contributed by atoms with Gasteiger partial charge in [-0.3, -0.25) is 0 Å². The van der Waals surface area contributed by atoms with Gasteiger partial charge in [-0.1, -0.05) is 30.3 Å². The van der Waals surface area contributed by atoms with Crippen LogP contribution in [0.1, 0.15) is 18.4 Å². The number of methoxy groups -OCH3 is 1. The minimum Gasteiger partial charge on any atom is -0.495 e. The van der Waals surface area contributed by atoms with E-state index in [-0.39, 0.29) is 0 Å². The molecule has 0 radical (unpaired) electrons. The van der Waals surface area contributed by atoms with Gasteiger partial charge in [0, 0.05) is 5.56 Å². The molecule has 5 heteroatoms. The molecule has 3 N–H and O–H groups in total. The molecule has 0 bridgehead atoms. The number of hydrogen-bond donors (Lipinski definition) is 2. The molecule has 0 saturated heterocycles. The number of nitrogens with one attached hydrogen (secondary N) is 1. The van der Waals surface area contributed by atoms with E-state index in [9.17, 15) is 0 Å². The van der Waals surface area contributed by atoms with Gasteiger partial charge in [-0.05, 0) is 37.0 Å². The highest BCUT2D eigenvalue weighted by molar-refractivity contribution is 5.93. The van der Waals surface area contributed by atoms with Gasteiger partial charge in [0.1, 0.15) is 11.5 Å². The second-order valence-corrected chi connectivity index (χ2v) is 5.89. The normalized spacial score (nSPS) is 14.3. The number of ether oxygens (including phenoxy) is 2. The van der Waals surface area contributed by atoms with Crippen molar-refractivity contribution in [2.45, 2.75) is 19.4 Å². The fraction of sp³-hybridized carbons (Fsp3) is 0.316. The standard InChI is InChI=1S/C19H23N3O2/c1-23-18-9-5-3-7-16(18)22-19(20)21-12-15-6-2-4-8-17(15)24-13-14-10-11-14/h2-9,14H,10-13H2,1H3,(H3,20,21,22). The first-order valence-electron chi connectivity index (χ1n) is 8.17. The summed E-state index contributed by atoms with van der Waals surface area (Å²) in [6.45, 7) is 1.25. The molecule has 5 nitrogen and oxygen atoms in total. The average Bonchev–Trinajstić information content (AvgIpc) is 3.44. The fourth-order valence-corrected chi connectivity index (χ4v) is 2.36. The highest BCUT2D eigenvalue weighted by Crippen LogP contribution is 2.30. The van der Waals surface area contributed by atoms with Crippen LogP contribution in [0.15, 0.2) is 53.5 Å². The predicted molar refractivity (Wildman–Crippen MR) is 96.6 cm³/mol. The van der Waals surface area contributed by atoms with Gasteiger partial charge in [0.2, 0.25) is 0 Å². The van der Waals surface area contributed by atoms with Gasteiger partial charge in [-0.25, -0.2) is 4.99 Å². The summed E-state index contributed by atoms with van der Waals surface area (Å²) in [6.07, 6.45) is 2.55. The molecule has 1 aliphatic carbocycles. The number of aliphatic imine (C=N–C) groups is 1. The van der Waals surface area contributed by atoms with Gasteiger partial charge < -0.3 is 20.5 Å². The quantitative estimate of drug-likeness (QED) is 0.604. The van der Waals surface area contributed by atoms with Crippen molar-refractivity contribution in [2.24, 2.45) is 16.6 Å². The Balaban J connectivity index is 1.64. The molecule has 126 valence electrons. The molecular weight excluding hydrogens is 302 g/mol. The monoisotopic (exact) mass is 325 g/mol. The molecule has 3 rings (SSSR count). The van der Waals surface area contributed by atoms with Gasteiger partial charge in [0.15, 0.2) is 5.96 Å². The van der Waals surface area contributed by atoms with Gasteiger partial charge in [0.25, 0.3) is 0 Å². The van der Waals surface area contributed by atoms with Crippen LogP contribution in [0.4, 0.5) is 5.69 Å². The third kappa shape index (κ3) is 4.41. The van der Waals surface area contributed by atoms with E-state index in [0.717, 1.165) is 35.3 Å². The van der Waals surface area contributed by atoms with Crippen LogP contribution >= 0.6 is 0 Å². The minimum atomic E-state index is 0.344. The topological polar surface area (TPSA) is 68.9 Å². The Bertz CT molecular complexity index is 711. The van der Waals surface area contributed by atoms with E-state index >= 15 is 0 Å². The van der Waals surface area contributed by atoms with E-state index < -0.39 is 0 Å². The summed E-state index contributed by atoms with van der Waals surface area (Å²) in [5, 5.41) is 3.07. The van der Waals surface area contributed by atoms with E-state index in [2.05, 4.69) is 10.3 Å². The van der Waals surface area contributed by atoms with Crippen LogP contribution in [0.25, 0.3) is 0 Å². The summed E-state index contributed by atoms with van der Waals surface area (Å²) < 4.78 is 11.2. The van der Waals surface area contributed by atoms with Crippen molar-refractivity contribution in [2.75, 3.05) is 19.0 Å². The van der Waals surface area contributed by atoms with Gasteiger partial charge in [-0.2, -0.15) is 0 Å². The number of guanidine groups is 1. The van der Waals surface area contributed by atoms with Crippen LogP contribution in [0.3, 0.4) is 0 Å². The van der Waals surface area contributed by atoms with Crippen molar-refractivity contribution >= 4 is 11.6 Å². The van der Waals surface area contributed by atoms with Gasteiger partial charge in [-0.15, -0.1) is 0 Å². The molecule has 1 fully saturated rings. The summed E-state index contributed by atoms with van der Waals surface area (Å²) in [7, 11) is 1.63. The molecule has 24 heavy (non-hydrogen) atoms. The molecule has 0 aliphatic heterocycles. The molecule has 0 unspecified atom stereocenters. The lowest BCUT2D eigenvalue weighted by molar-refractivity contribution is 0.297. The first kappa shape index (κ1) is 16.2. The maximum absolute atomic E-state index is 6.00. The number of para-hydroxylation sites is 3. The fourth-order valence-electron chi connectivity index (χ4n) is 2.36. The highest BCUT2D eigenvalue weighted by Gasteiger charge is 2.22. The van der Waals surface area contributed by atoms with E-state index in [1.807, 2.05) is 48.5 Å². The molecular formula is C19H23N3O2. The number of benzene rings is 2. The van der Waals surface area contributed by atoms with Crippen molar-refractivity contribution in [1.29, 1.82) is 0 Å². The lowest BCUT2D eigenvalue weighted by Gasteiger charge is -2.11. The molecule has 0 heterocycles. The molecule has 0 aromatic heterocycles. The molecule has 1 saturated carbocycles. The van der Waals surface area contributed by atoms with Crippen LogP contribution in [0.2, 0.25) is 0 Å². The second-order valence-electron chi connectivity index (χ2n) is 5.89. The molecule has 1 aliphatic rings. The first-order valence-corrected chi connectivity index (χ1v) is 8.17. The van der Waals surface area contributed by atoms with Crippen LogP contribution < -0.4 is 20.5 Å². The summed E-state index contributed by atoms with van der Waals surface area (Å²) in [6, 6.07) is 15.6. The van der Waals surface area contributed by atoms with Crippen molar-refractivity contribution in [3.05, 3.63) is 54.1 Å². The van der Waals surface area contributed by atoms with E-state index in [0.29, 0.717) is 12.5 Å². The van der Waals surface area contributed by atoms with E-state index in [4.69, 9.17) is 15.2 Å². The Morgan fingerprint density at radius 3 is 2.58 bits per heavy atom. The Morgan fingerprint density at radius 1 is 1.12 bits per heavy atom. The number of nitrogens with two attached hydrogens (primary N) is 1. The minimum absolute atomic E-state index is 0.344. The van der Waals surface area contributed by atoms with E-state index in [1.165, 1.54) is 12.8 Å². The molecule has 2 aromatic rings. The van der Waals surface area contributed by atoms with Crippen molar-refractivity contribution in [3.8, 4) is 11.5 Å². The predicted octanol–water partition coefficient (Wildman–Crippen LogP) is 3.41. The van der Waals surface area contributed by atoms with Crippen LogP contribution in [0, 0.1) is 5.92 Å². The molecule has 0 amide bonds. The lowest BCUT2D eigenvalue weighted by atomic mass is 10.2. The maximum atomic E-state index is 6.00. The van der Waals surface area contributed by atoms with Crippen LogP contribution in [-0.2, 0) is 6.54 Å². The Morgan fingerprint density at radius 2 is 1.83 bits per heavy atom. The zero-order valence-electron chi connectivity index (χ0n) is 13.9. The number of anilines is 1. The third-order valence-electron chi connectivity index (χ3n) is 3.93. The lowest BCUT2D eigenvalue weighted by Crippen LogP contribution is -2.23. The van der Waals surface area contributed by atoms with Crippen molar-refractivity contribution in [1.82, 2.24) is 0 Å². The first-order chi connectivity index (χ1) is 11.8. The van der Waals surface area contributed by atoms with Crippen molar-refractivity contribution in [3.63, 3.8) is 0 Å². The summed E-state index contributed by atoms with van der Waals surface area (Å²) in [4.78, 5) is 4.42. The second kappa shape index (κ2) is 7.73. The van der Waals surface area contributed by atoms with Gasteiger partial charge in [0.05, 0.1) is 25.9 Å². The SMILES string of the molecule is COc1ccccc1NC(N)=NCc1ccccc1OCC1CC1. The average molecular weight is 325 g/mol. The maximum Gasteiger partial charge on any atom is 0.193 e. The largest absolute Gasteiger partial charge is 0.495 e. The van der Waals surface area contributed by atoms with Gasteiger partial charge >= 0.3 is 0 Å². The van der Waals surface area contributed by atoms with E-state index in [1.54, 1.807) is 7.11 Å². The molecule has 0 spiro atoms. The Hall–Kier alpha value is -2.69. The Labute approximate surface area is 142 Å². The summed E-state index contributed by atoms with van der Waals surface area (Å²) in [5.41, 5.74) is 7.82. The summed E-state index contributed by atoms with van der Waals surface area (Å²) in [5.74, 6) is 2.68. The number of nitrogens with zero attached hydrogens (tertiary/aromatic N) is 1. The Kier molecular flexibility index (Phi) is 5.21. The highest BCUT2D eigenvalue weighted by atomic mass is 16.5. The smallest absolute Gasteiger partial charge is 0.193 e. The number of rotatable bonds is 7. The number of hydrogen-bond acceptors (Lipinski definition) is 3. The van der Waals surface area contributed by atoms with Crippen LogP contribution in [0.5, 0.6) is 11.5 Å². The van der Waals surface area contributed by atoms with Crippen LogP contribution in [-0.4, -0.2) is 19.7 Å². The van der Waals surface area contributed by atoms with Crippen molar-refractivity contribution < 1.29 is 9.47 Å². The summed E-state index contributed by atoms with van der Waals surface area (Å²) >= 11 is 0. The zero-order chi connectivity index (χ0) is 16.8. The molecule has 2 aromatic carbocycles.